The standard InChI is InChI=1S/C30H32FN3O3S2/c1-6-32-29(36)25-15-23-28(39-25)26(35)21(30(5)10-11-30)16-34(23)22-14-20(33-38-7-2)8-9-24(22)37-27-17(3)12-19(31)13-18(27)4/h8-9,12-16,33H,6-7,10-11H2,1-5H3,(H,32,36). The number of anilines is 1. The third-order valence-corrected chi connectivity index (χ3v) is 8.87. The zero-order valence-electron chi connectivity index (χ0n) is 22.7. The Morgan fingerprint density at radius 2 is 1.87 bits per heavy atom. The molecule has 0 radical (unpaired) electrons. The van der Waals surface area contributed by atoms with Crippen molar-refractivity contribution in [2.45, 2.75) is 52.9 Å². The van der Waals surface area contributed by atoms with Gasteiger partial charge in [0.2, 0.25) is 5.43 Å². The Morgan fingerprint density at radius 3 is 2.51 bits per heavy atom. The van der Waals surface area contributed by atoms with E-state index in [2.05, 4.69) is 23.9 Å². The molecule has 2 N–H and O–H groups in total. The maximum Gasteiger partial charge on any atom is 0.261 e. The quantitative estimate of drug-likeness (QED) is 0.206. The number of aromatic nitrogens is 1. The molecule has 9 heteroatoms. The van der Waals surface area contributed by atoms with E-state index in [1.54, 1.807) is 18.0 Å². The normalized spacial score (nSPS) is 13.9. The van der Waals surface area contributed by atoms with Crippen molar-refractivity contribution in [1.29, 1.82) is 0 Å². The predicted molar refractivity (Wildman–Crippen MR) is 160 cm³/mol. The summed E-state index contributed by atoms with van der Waals surface area (Å²) in [5.41, 5.74) is 4.14. The molecule has 1 aliphatic rings. The number of fused-ring (bicyclic) bond motifs is 1. The number of ether oxygens (including phenoxy) is 1. The molecule has 204 valence electrons. The minimum absolute atomic E-state index is 0.0229. The highest BCUT2D eigenvalue weighted by Crippen LogP contribution is 2.47. The molecule has 0 saturated heterocycles. The van der Waals surface area contributed by atoms with Crippen molar-refractivity contribution in [2.75, 3.05) is 17.0 Å². The number of thiophene rings is 1. The van der Waals surface area contributed by atoms with Crippen LogP contribution in [-0.4, -0.2) is 22.8 Å². The summed E-state index contributed by atoms with van der Waals surface area (Å²) >= 11 is 2.80. The van der Waals surface area contributed by atoms with Gasteiger partial charge in [-0.1, -0.05) is 25.8 Å². The highest BCUT2D eigenvalue weighted by molar-refractivity contribution is 8.00. The molecule has 0 bridgehead atoms. The van der Waals surface area contributed by atoms with Crippen molar-refractivity contribution >= 4 is 45.1 Å². The van der Waals surface area contributed by atoms with Crippen LogP contribution in [0.4, 0.5) is 10.1 Å². The van der Waals surface area contributed by atoms with Gasteiger partial charge in [-0.3, -0.25) is 9.59 Å². The summed E-state index contributed by atoms with van der Waals surface area (Å²) in [6, 6.07) is 10.5. The molecule has 2 heterocycles. The summed E-state index contributed by atoms with van der Waals surface area (Å²) in [5, 5.41) is 2.84. The van der Waals surface area contributed by atoms with Gasteiger partial charge in [0, 0.05) is 29.7 Å². The van der Waals surface area contributed by atoms with E-state index in [0.29, 0.717) is 44.3 Å². The Kier molecular flexibility index (Phi) is 7.48. The minimum atomic E-state index is -0.311. The van der Waals surface area contributed by atoms with E-state index >= 15 is 0 Å². The van der Waals surface area contributed by atoms with Crippen LogP contribution < -0.4 is 20.2 Å². The topological polar surface area (TPSA) is 72.4 Å². The molecule has 5 rings (SSSR count). The van der Waals surface area contributed by atoms with Crippen LogP contribution in [0.15, 0.2) is 47.4 Å². The van der Waals surface area contributed by atoms with Gasteiger partial charge in [0.1, 0.15) is 11.6 Å². The van der Waals surface area contributed by atoms with Crippen LogP contribution in [0.1, 0.15) is 60.0 Å². The molecule has 6 nitrogen and oxygen atoms in total. The second kappa shape index (κ2) is 10.7. The maximum absolute atomic E-state index is 14.0. The second-order valence-electron chi connectivity index (χ2n) is 10.2. The first-order valence-electron chi connectivity index (χ1n) is 13.1. The Morgan fingerprint density at radius 1 is 1.15 bits per heavy atom. The van der Waals surface area contributed by atoms with Crippen molar-refractivity contribution in [2.24, 2.45) is 0 Å². The first kappa shape index (κ1) is 27.3. The fraction of sp³-hybridized carbons (Fsp3) is 0.333. The number of amides is 1. The number of hydrogen-bond acceptors (Lipinski definition) is 6. The molecule has 2 aromatic carbocycles. The first-order chi connectivity index (χ1) is 18.6. The van der Waals surface area contributed by atoms with Gasteiger partial charge >= 0.3 is 0 Å². The molecule has 0 aliphatic heterocycles. The molecule has 0 unspecified atom stereocenters. The molecule has 1 fully saturated rings. The van der Waals surface area contributed by atoms with Crippen molar-refractivity contribution < 1.29 is 13.9 Å². The van der Waals surface area contributed by atoms with Gasteiger partial charge in [0.15, 0.2) is 5.75 Å². The number of nitrogens with zero attached hydrogens (tertiary/aromatic N) is 1. The summed E-state index contributed by atoms with van der Waals surface area (Å²) in [5.74, 6) is 1.51. The van der Waals surface area contributed by atoms with Gasteiger partial charge in [-0.25, -0.2) is 4.39 Å². The average molecular weight is 566 g/mol. The lowest BCUT2D eigenvalue weighted by atomic mass is 9.99. The maximum atomic E-state index is 14.0. The van der Waals surface area contributed by atoms with Crippen LogP contribution in [0.2, 0.25) is 0 Å². The fourth-order valence-corrected chi connectivity index (χ4v) is 6.19. The SMILES string of the molecule is CCNC(=O)c1cc2c(s1)c(=O)c(C1(C)CC1)cn2-c1cc(NSCC)ccc1Oc1c(C)cc(F)cc1C. The van der Waals surface area contributed by atoms with E-state index in [9.17, 15) is 14.0 Å². The number of hydrogen-bond donors (Lipinski definition) is 2. The molecule has 1 amide bonds. The lowest BCUT2D eigenvalue weighted by Gasteiger charge is -2.20. The molecule has 1 saturated carbocycles. The third kappa shape index (κ3) is 5.30. The van der Waals surface area contributed by atoms with Crippen molar-refractivity contribution in [3.63, 3.8) is 0 Å². The van der Waals surface area contributed by atoms with E-state index in [0.717, 1.165) is 35.5 Å². The van der Waals surface area contributed by atoms with Gasteiger partial charge in [0.25, 0.3) is 5.91 Å². The number of rotatable bonds is 9. The van der Waals surface area contributed by atoms with Gasteiger partial charge in [-0.2, -0.15) is 0 Å². The Labute approximate surface area is 235 Å². The first-order valence-corrected chi connectivity index (χ1v) is 14.9. The van der Waals surface area contributed by atoms with Crippen LogP contribution in [0.25, 0.3) is 15.9 Å². The largest absolute Gasteiger partial charge is 0.455 e. The van der Waals surface area contributed by atoms with Crippen molar-refractivity contribution in [3.8, 4) is 17.2 Å². The zero-order valence-corrected chi connectivity index (χ0v) is 24.4. The van der Waals surface area contributed by atoms with Gasteiger partial charge in [0.05, 0.1) is 20.8 Å². The lowest BCUT2D eigenvalue weighted by Crippen LogP contribution is -2.21. The molecule has 4 aromatic rings. The number of carbonyl (C=O) groups excluding carboxylic acids is 1. The number of benzene rings is 2. The van der Waals surface area contributed by atoms with Crippen LogP contribution in [0, 0.1) is 19.7 Å². The van der Waals surface area contributed by atoms with Crippen LogP contribution in [-0.2, 0) is 5.41 Å². The van der Waals surface area contributed by atoms with Crippen LogP contribution >= 0.6 is 23.3 Å². The smallest absolute Gasteiger partial charge is 0.261 e. The van der Waals surface area contributed by atoms with Gasteiger partial charge < -0.3 is 19.3 Å². The number of aryl methyl sites for hydroxylation is 2. The number of nitrogens with one attached hydrogen (secondary N) is 2. The predicted octanol–water partition coefficient (Wildman–Crippen LogP) is 7.48. The lowest BCUT2D eigenvalue weighted by molar-refractivity contribution is 0.0960. The summed E-state index contributed by atoms with van der Waals surface area (Å²) in [6.45, 7) is 10.2. The molecule has 1 aliphatic carbocycles. The van der Waals surface area contributed by atoms with E-state index in [1.165, 1.54) is 23.5 Å². The molecule has 0 atom stereocenters. The Bertz CT molecular complexity index is 1620. The van der Waals surface area contributed by atoms with Crippen molar-refractivity contribution in [1.82, 2.24) is 9.88 Å². The number of halogens is 1. The molecule has 0 spiro atoms. The molecular weight excluding hydrogens is 533 g/mol. The van der Waals surface area contributed by atoms with Crippen LogP contribution in [0.3, 0.4) is 0 Å². The number of pyridine rings is 1. The highest BCUT2D eigenvalue weighted by Gasteiger charge is 2.42. The molecular formula is C30H32FN3O3S2. The summed E-state index contributed by atoms with van der Waals surface area (Å²) in [6.07, 6.45) is 3.79. The average Bonchev–Trinajstić information content (AvgIpc) is 3.47. The second-order valence-corrected chi connectivity index (χ2v) is 12.3. The Hall–Kier alpha value is -3.30. The molecule has 2 aromatic heterocycles. The van der Waals surface area contributed by atoms with Crippen LogP contribution in [0.5, 0.6) is 11.5 Å². The third-order valence-electron chi connectivity index (χ3n) is 7.08. The summed E-state index contributed by atoms with van der Waals surface area (Å²) in [7, 11) is 0. The van der Waals surface area contributed by atoms with Gasteiger partial charge in [-0.15, -0.1) is 11.3 Å². The summed E-state index contributed by atoms with van der Waals surface area (Å²) < 4.78 is 26.4. The fourth-order valence-electron chi connectivity index (χ4n) is 4.73. The monoisotopic (exact) mass is 565 g/mol. The Balaban J connectivity index is 1.76. The van der Waals surface area contributed by atoms with E-state index in [1.807, 2.05) is 49.7 Å². The highest BCUT2D eigenvalue weighted by atomic mass is 32.2. The van der Waals surface area contributed by atoms with E-state index < -0.39 is 0 Å². The van der Waals surface area contributed by atoms with Crippen molar-refractivity contribution in [3.05, 3.63) is 80.2 Å². The minimum Gasteiger partial charge on any atom is -0.455 e. The molecule has 39 heavy (non-hydrogen) atoms. The summed E-state index contributed by atoms with van der Waals surface area (Å²) in [4.78, 5) is 26.9. The van der Waals surface area contributed by atoms with E-state index in [4.69, 9.17) is 4.74 Å². The zero-order chi connectivity index (χ0) is 27.9. The van der Waals surface area contributed by atoms with E-state index in [-0.39, 0.29) is 22.6 Å². The number of carbonyl (C=O) groups is 1. The van der Waals surface area contributed by atoms with Gasteiger partial charge in [-0.05, 0) is 86.6 Å².